The number of hydrogen-bond acceptors (Lipinski definition) is 6. The number of aryl methyl sites for hydroxylation is 1. The lowest BCUT2D eigenvalue weighted by molar-refractivity contribution is -0.162. The number of ether oxygens (including phenoxy) is 4. The molecule has 1 aliphatic heterocycles. The molecule has 1 aliphatic rings. The number of esters is 1. The Kier molecular flexibility index (Phi) is 13.7. The smallest absolute Gasteiger partial charge is 0.313 e. The van der Waals surface area contributed by atoms with Crippen LogP contribution >= 0.6 is 0 Å². The molecule has 1 atom stereocenters. The van der Waals surface area contributed by atoms with Crippen molar-refractivity contribution in [2.24, 2.45) is 0 Å². The average molecular weight is 449 g/mol. The highest BCUT2D eigenvalue weighted by Gasteiger charge is 2.13. The molecule has 0 aromatic heterocycles. The number of carbonyl (C=O) groups is 2. The second kappa shape index (κ2) is 16.7. The van der Waals surface area contributed by atoms with Gasteiger partial charge >= 0.3 is 5.97 Å². The predicted octanol–water partition coefficient (Wildman–Crippen LogP) is 5.40. The summed E-state index contributed by atoms with van der Waals surface area (Å²) in [6, 6.07) is 8.22. The van der Waals surface area contributed by atoms with Gasteiger partial charge in [-0.15, -0.1) is 0 Å². The number of carbonyl (C=O) groups excluding carboxylic acids is 2. The molecule has 0 spiro atoms. The molecule has 0 amide bonds. The second-order valence-electron chi connectivity index (χ2n) is 8.48. The maximum absolute atomic E-state index is 11.3. The lowest BCUT2D eigenvalue weighted by Crippen LogP contribution is -2.22. The van der Waals surface area contributed by atoms with E-state index in [1.54, 1.807) is 0 Å². The van der Waals surface area contributed by atoms with Crippen molar-refractivity contribution in [1.82, 2.24) is 0 Å². The molecule has 1 unspecified atom stereocenters. The summed E-state index contributed by atoms with van der Waals surface area (Å²) < 4.78 is 22.0. The van der Waals surface area contributed by atoms with Crippen LogP contribution in [-0.2, 0) is 30.2 Å². The lowest BCUT2D eigenvalue weighted by atomic mass is 10.0. The molecule has 1 aromatic rings. The number of benzene rings is 1. The summed E-state index contributed by atoms with van der Waals surface area (Å²) in [4.78, 5) is 22.1. The fourth-order valence-corrected chi connectivity index (χ4v) is 3.64. The first-order valence-corrected chi connectivity index (χ1v) is 12.2. The zero-order valence-electron chi connectivity index (χ0n) is 19.6. The molecule has 32 heavy (non-hydrogen) atoms. The van der Waals surface area contributed by atoms with E-state index < -0.39 is 5.97 Å². The fourth-order valence-electron chi connectivity index (χ4n) is 3.64. The Labute approximate surface area is 193 Å². The minimum Gasteiger partial charge on any atom is -0.493 e. The molecule has 1 saturated heterocycles. The summed E-state index contributed by atoms with van der Waals surface area (Å²) in [5.41, 5.74) is 1.33. The van der Waals surface area contributed by atoms with Crippen molar-refractivity contribution in [3.05, 3.63) is 29.8 Å². The summed E-state index contributed by atoms with van der Waals surface area (Å²) >= 11 is 0. The summed E-state index contributed by atoms with van der Waals surface area (Å²) in [7, 11) is 0. The summed E-state index contributed by atoms with van der Waals surface area (Å²) in [5, 5.41) is 0. The summed E-state index contributed by atoms with van der Waals surface area (Å²) in [6.07, 6.45) is 12.4. The van der Waals surface area contributed by atoms with Crippen LogP contribution in [0.3, 0.4) is 0 Å². The standard InChI is InChI=1S/C26H40O6/c1-22(27)21-25(28)30-20-10-19-29-24-15-13-23(14-16-24)11-6-4-2-3-5-8-17-31-26-12-7-9-18-32-26/h13-16,26H,2-12,17-21H2,1H3. The molecule has 0 aliphatic carbocycles. The highest BCUT2D eigenvalue weighted by Crippen LogP contribution is 2.16. The van der Waals surface area contributed by atoms with E-state index in [0.29, 0.717) is 13.0 Å². The molecule has 2 rings (SSSR count). The number of rotatable bonds is 17. The van der Waals surface area contributed by atoms with Crippen molar-refractivity contribution >= 4 is 11.8 Å². The monoisotopic (exact) mass is 448 g/mol. The Morgan fingerprint density at radius 2 is 1.66 bits per heavy atom. The van der Waals surface area contributed by atoms with Crippen LogP contribution < -0.4 is 4.74 Å². The molecule has 1 fully saturated rings. The molecule has 6 heteroatoms. The van der Waals surface area contributed by atoms with Gasteiger partial charge in [-0.2, -0.15) is 0 Å². The molecule has 0 N–H and O–H groups in total. The minimum absolute atomic E-state index is 0.0452. The third-order valence-corrected chi connectivity index (χ3v) is 5.44. The van der Waals surface area contributed by atoms with Crippen LogP contribution in [0.25, 0.3) is 0 Å². The Balaban J connectivity index is 1.41. The van der Waals surface area contributed by atoms with Crippen molar-refractivity contribution in [2.45, 2.75) is 90.3 Å². The predicted molar refractivity (Wildman–Crippen MR) is 124 cm³/mol. The van der Waals surface area contributed by atoms with Crippen molar-refractivity contribution in [3.8, 4) is 5.75 Å². The normalized spacial score (nSPS) is 16.0. The molecule has 6 nitrogen and oxygen atoms in total. The number of hydrogen-bond donors (Lipinski definition) is 0. The Morgan fingerprint density at radius 3 is 2.38 bits per heavy atom. The van der Waals surface area contributed by atoms with E-state index in [2.05, 4.69) is 12.1 Å². The number of Topliss-reactive ketones (excluding diaryl/α,β-unsaturated/α-hetero) is 1. The molecule has 180 valence electrons. The van der Waals surface area contributed by atoms with E-state index in [1.807, 2.05) is 12.1 Å². The van der Waals surface area contributed by atoms with Crippen molar-refractivity contribution < 1.29 is 28.5 Å². The fraction of sp³-hybridized carbons (Fsp3) is 0.692. The van der Waals surface area contributed by atoms with Gasteiger partial charge in [0.25, 0.3) is 0 Å². The van der Waals surface area contributed by atoms with Crippen molar-refractivity contribution in [1.29, 1.82) is 0 Å². The number of ketones is 1. The second-order valence-corrected chi connectivity index (χ2v) is 8.48. The Bertz CT molecular complexity index is 636. The van der Waals surface area contributed by atoms with Crippen LogP contribution in [-0.4, -0.2) is 44.5 Å². The average Bonchev–Trinajstić information content (AvgIpc) is 2.79. The third-order valence-electron chi connectivity index (χ3n) is 5.44. The van der Waals surface area contributed by atoms with Gasteiger partial charge in [0, 0.05) is 19.6 Å². The van der Waals surface area contributed by atoms with E-state index in [0.717, 1.165) is 38.2 Å². The molecular weight excluding hydrogens is 408 g/mol. The zero-order chi connectivity index (χ0) is 22.9. The van der Waals surface area contributed by atoms with Gasteiger partial charge in [0.15, 0.2) is 6.29 Å². The van der Waals surface area contributed by atoms with E-state index in [1.165, 1.54) is 57.4 Å². The highest BCUT2D eigenvalue weighted by atomic mass is 16.7. The van der Waals surface area contributed by atoms with Crippen LogP contribution in [0, 0.1) is 0 Å². The number of unbranched alkanes of at least 4 members (excludes halogenated alkanes) is 5. The quantitative estimate of drug-likeness (QED) is 0.180. The van der Waals surface area contributed by atoms with E-state index in [9.17, 15) is 9.59 Å². The van der Waals surface area contributed by atoms with Gasteiger partial charge in [-0.25, -0.2) is 0 Å². The topological polar surface area (TPSA) is 71.1 Å². The van der Waals surface area contributed by atoms with Gasteiger partial charge in [-0.1, -0.05) is 37.8 Å². The maximum Gasteiger partial charge on any atom is 0.313 e. The Morgan fingerprint density at radius 1 is 0.906 bits per heavy atom. The third kappa shape index (κ3) is 12.8. The largest absolute Gasteiger partial charge is 0.493 e. The van der Waals surface area contributed by atoms with E-state index >= 15 is 0 Å². The first kappa shape index (κ1) is 26.3. The first-order valence-electron chi connectivity index (χ1n) is 12.2. The molecule has 0 bridgehead atoms. The van der Waals surface area contributed by atoms with Gasteiger partial charge < -0.3 is 18.9 Å². The summed E-state index contributed by atoms with van der Waals surface area (Å²) in [6.45, 7) is 3.80. The Hall–Kier alpha value is -1.92. The molecule has 1 aromatic carbocycles. The van der Waals surface area contributed by atoms with Gasteiger partial charge in [-0.05, 0) is 63.1 Å². The van der Waals surface area contributed by atoms with Gasteiger partial charge in [0.2, 0.25) is 0 Å². The first-order chi connectivity index (χ1) is 15.6. The van der Waals surface area contributed by atoms with E-state index in [-0.39, 0.29) is 25.1 Å². The molecule has 1 heterocycles. The maximum atomic E-state index is 11.3. The van der Waals surface area contributed by atoms with Crippen LogP contribution in [0.15, 0.2) is 24.3 Å². The SMILES string of the molecule is CC(=O)CC(=O)OCCCOc1ccc(CCCCCCCCOC2CCCCO2)cc1. The van der Waals surface area contributed by atoms with Gasteiger partial charge in [-0.3, -0.25) is 9.59 Å². The van der Waals surface area contributed by atoms with Crippen LogP contribution in [0.1, 0.15) is 83.1 Å². The highest BCUT2D eigenvalue weighted by molar-refractivity contribution is 5.94. The zero-order valence-corrected chi connectivity index (χ0v) is 19.6. The van der Waals surface area contributed by atoms with Crippen LogP contribution in [0.2, 0.25) is 0 Å². The van der Waals surface area contributed by atoms with Crippen LogP contribution in [0.5, 0.6) is 5.75 Å². The van der Waals surface area contributed by atoms with E-state index in [4.69, 9.17) is 18.9 Å². The lowest BCUT2D eigenvalue weighted by Gasteiger charge is -2.22. The molecular formula is C26H40O6. The van der Waals surface area contributed by atoms with Gasteiger partial charge in [0.05, 0.1) is 13.2 Å². The van der Waals surface area contributed by atoms with Crippen molar-refractivity contribution in [3.63, 3.8) is 0 Å². The minimum atomic E-state index is -0.472. The summed E-state index contributed by atoms with van der Waals surface area (Å²) in [5.74, 6) is 0.169. The van der Waals surface area contributed by atoms with Crippen LogP contribution in [0.4, 0.5) is 0 Å². The molecule has 0 saturated carbocycles. The van der Waals surface area contributed by atoms with Crippen molar-refractivity contribution in [2.75, 3.05) is 26.4 Å². The van der Waals surface area contributed by atoms with Gasteiger partial charge in [0.1, 0.15) is 18.0 Å². The molecule has 0 radical (unpaired) electrons.